The minimum Gasteiger partial charge on any atom is -0.457 e. The standard InChI is InChI=1S/C28H27F4N3O5/c1-15-18(5-6-23(29)21(15)9-33)24-12-35-8-7-34(10-17(35)13-38-24)11-25(40-27(37)28(30,31)32)19-3-4-20-22(16(19)2)14-39-26(20)36/h3-6,17,24-25H,7-8,10-14H2,1-2H3/t17-,24+,25+/m0/s1. The average molecular weight is 562 g/mol. The van der Waals surface area contributed by atoms with E-state index in [-0.39, 0.29) is 30.9 Å². The Balaban J connectivity index is 1.31. The van der Waals surface area contributed by atoms with Crippen molar-refractivity contribution < 1.29 is 41.4 Å². The highest BCUT2D eigenvalue weighted by Gasteiger charge is 2.44. The van der Waals surface area contributed by atoms with Crippen LogP contribution in [0.5, 0.6) is 0 Å². The van der Waals surface area contributed by atoms with Crippen molar-refractivity contribution in [1.82, 2.24) is 9.80 Å². The minimum absolute atomic E-state index is 0.00901. The summed E-state index contributed by atoms with van der Waals surface area (Å²) >= 11 is 0. The van der Waals surface area contributed by atoms with Crippen molar-refractivity contribution in [2.24, 2.45) is 0 Å². The summed E-state index contributed by atoms with van der Waals surface area (Å²) in [5.74, 6) is -3.36. The summed E-state index contributed by atoms with van der Waals surface area (Å²) in [5, 5.41) is 9.31. The summed E-state index contributed by atoms with van der Waals surface area (Å²) in [6, 6.07) is 7.73. The zero-order valence-corrected chi connectivity index (χ0v) is 21.9. The molecule has 0 aliphatic carbocycles. The molecule has 2 aromatic rings. The molecular formula is C28H27F4N3O5. The van der Waals surface area contributed by atoms with Crippen molar-refractivity contribution in [3.05, 3.63) is 69.0 Å². The highest BCUT2D eigenvalue weighted by atomic mass is 19.4. The number of alkyl halides is 3. The smallest absolute Gasteiger partial charge is 0.457 e. The first-order valence-electron chi connectivity index (χ1n) is 12.8. The Morgan fingerprint density at radius 1 is 1.18 bits per heavy atom. The molecule has 2 aromatic carbocycles. The monoisotopic (exact) mass is 561 g/mol. The zero-order chi connectivity index (χ0) is 28.8. The maximum absolute atomic E-state index is 14.0. The molecule has 40 heavy (non-hydrogen) atoms. The number of hydrogen-bond acceptors (Lipinski definition) is 8. The second kappa shape index (κ2) is 10.8. The van der Waals surface area contributed by atoms with Crippen molar-refractivity contribution in [3.63, 3.8) is 0 Å². The second-order valence-corrected chi connectivity index (χ2v) is 10.3. The number of halogens is 4. The van der Waals surface area contributed by atoms with E-state index in [4.69, 9.17) is 14.2 Å². The van der Waals surface area contributed by atoms with Gasteiger partial charge in [0.25, 0.3) is 0 Å². The van der Waals surface area contributed by atoms with Gasteiger partial charge in [0.2, 0.25) is 0 Å². The van der Waals surface area contributed by atoms with E-state index in [0.29, 0.717) is 60.6 Å². The molecule has 2 fully saturated rings. The Bertz CT molecular complexity index is 1390. The largest absolute Gasteiger partial charge is 0.490 e. The quantitative estimate of drug-likeness (QED) is 0.401. The summed E-state index contributed by atoms with van der Waals surface area (Å²) in [5.41, 5.74) is 3.13. The summed E-state index contributed by atoms with van der Waals surface area (Å²) in [6.07, 6.45) is -6.73. The predicted octanol–water partition coefficient (Wildman–Crippen LogP) is 3.89. The van der Waals surface area contributed by atoms with Gasteiger partial charge in [-0.3, -0.25) is 9.80 Å². The van der Waals surface area contributed by atoms with E-state index in [0.717, 1.165) is 5.56 Å². The number of ether oxygens (including phenoxy) is 3. The summed E-state index contributed by atoms with van der Waals surface area (Å²) in [4.78, 5) is 27.9. The Morgan fingerprint density at radius 3 is 2.67 bits per heavy atom. The number of nitriles is 1. The van der Waals surface area contributed by atoms with Gasteiger partial charge in [-0.1, -0.05) is 12.1 Å². The van der Waals surface area contributed by atoms with Gasteiger partial charge in [0.15, 0.2) is 0 Å². The van der Waals surface area contributed by atoms with E-state index in [9.17, 15) is 32.4 Å². The number of esters is 2. The van der Waals surface area contributed by atoms with Crippen LogP contribution in [0.15, 0.2) is 24.3 Å². The maximum atomic E-state index is 14.0. The molecule has 2 saturated heterocycles. The topological polar surface area (TPSA) is 92.1 Å². The van der Waals surface area contributed by atoms with Crippen molar-refractivity contribution in [2.75, 3.05) is 39.3 Å². The summed E-state index contributed by atoms with van der Waals surface area (Å²) in [7, 11) is 0. The molecule has 5 rings (SSSR count). The van der Waals surface area contributed by atoms with Crippen LogP contribution < -0.4 is 0 Å². The number of fused-ring (bicyclic) bond motifs is 2. The SMILES string of the molecule is Cc1c([C@H]2CN3CCN(C[C@@H](OC(=O)C(F)(F)F)c4ccc5c(c4C)COC5=O)C[C@H]3CO2)ccc(F)c1C#N. The summed E-state index contributed by atoms with van der Waals surface area (Å²) < 4.78 is 69.6. The van der Waals surface area contributed by atoms with Crippen molar-refractivity contribution in [3.8, 4) is 6.07 Å². The van der Waals surface area contributed by atoms with Gasteiger partial charge in [-0.05, 0) is 48.2 Å². The van der Waals surface area contributed by atoms with E-state index in [2.05, 4.69) is 4.90 Å². The van der Waals surface area contributed by atoms with Crippen LogP contribution in [-0.2, 0) is 25.6 Å². The molecule has 0 bridgehead atoms. The van der Waals surface area contributed by atoms with Crippen LogP contribution in [0.3, 0.4) is 0 Å². The molecule has 0 amide bonds. The zero-order valence-electron chi connectivity index (χ0n) is 21.9. The first-order chi connectivity index (χ1) is 19.0. The third kappa shape index (κ3) is 5.29. The Labute approximate surface area is 228 Å². The molecule has 12 heteroatoms. The molecule has 0 saturated carbocycles. The van der Waals surface area contributed by atoms with E-state index in [1.165, 1.54) is 18.2 Å². The van der Waals surface area contributed by atoms with Crippen LogP contribution in [-0.4, -0.2) is 73.3 Å². The molecule has 8 nitrogen and oxygen atoms in total. The molecule has 3 aliphatic rings. The van der Waals surface area contributed by atoms with Crippen molar-refractivity contribution >= 4 is 11.9 Å². The van der Waals surface area contributed by atoms with E-state index < -0.39 is 30.0 Å². The van der Waals surface area contributed by atoms with Gasteiger partial charge >= 0.3 is 18.1 Å². The van der Waals surface area contributed by atoms with Crippen LogP contribution in [0.4, 0.5) is 17.6 Å². The lowest BCUT2D eigenvalue weighted by molar-refractivity contribution is -0.206. The van der Waals surface area contributed by atoms with Gasteiger partial charge < -0.3 is 14.2 Å². The van der Waals surface area contributed by atoms with E-state index >= 15 is 0 Å². The molecule has 212 valence electrons. The van der Waals surface area contributed by atoms with Crippen LogP contribution >= 0.6 is 0 Å². The lowest BCUT2D eigenvalue weighted by Gasteiger charge is -2.47. The van der Waals surface area contributed by atoms with Gasteiger partial charge in [-0.2, -0.15) is 18.4 Å². The third-order valence-corrected chi connectivity index (χ3v) is 7.95. The lowest BCUT2D eigenvalue weighted by atomic mass is 9.94. The van der Waals surface area contributed by atoms with Gasteiger partial charge in [0.1, 0.15) is 24.6 Å². The van der Waals surface area contributed by atoms with Gasteiger partial charge in [0.05, 0.1) is 23.8 Å². The van der Waals surface area contributed by atoms with Crippen LogP contribution in [0, 0.1) is 31.0 Å². The van der Waals surface area contributed by atoms with Crippen molar-refractivity contribution in [2.45, 2.75) is 44.9 Å². The van der Waals surface area contributed by atoms with Crippen LogP contribution in [0.1, 0.15) is 55.9 Å². The van der Waals surface area contributed by atoms with Gasteiger partial charge in [-0.25, -0.2) is 14.0 Å². The number of carbonyl (C=O) groups is 2. The molecule has 3 aliphatic heterocycles. The molecule has 0 N–H and O–H groups in total. The normalized spacial score (nSPS) is 22.2. The average Bonchev–Trinajstić information content (AvgIpc) is 3.29. The second-order valence-electron chi connectivity index (χ2n) is 10.3. The van der Waals surface area contributed by atoms with E-state index in [1.54, 1.807) is 19.9 Å². The highest BCUT2D eigenvalue weighted by Crippen LogP contribution is 2.34. The molecular weight excluding hydrogens is 534 g/mol. The molecule has 0 aromatic heterocycles. The number of piperazine rings is 1. The number of cyclic esters (lactones) is 1. The maximum Gasteiger partial charge on any atom is 0.490 e. The molecule has 0 unspecified atom stereocenters. The van der Waals surface area contributed by atoms with Gasteiger partial charge in [-0.15, -0.1) is 0 Å². The lowest BCUT2D eigenvalue weighted by Crippen LogP contribution is -2.59. The predicted molar refractivity (Wildman–Crippen MR) is 132 cm³/mol. The first kappa shape index (κ1) is 28.0. The van der Waals surface area contributed by atoms with Gasteiger partial charge in [0, 0.05) is 44.3 Å². The molecule has 3 atom stereocenters. The Hall–Kier alpha value is -3.53. The number of hydrogen-bond donors (Lipinski definition) is 0. The van der Waals surface area contributed by atoms with Crippen LogP contribution in [0.2, 0.25) is 0 Å². The molecule has 0 radical (unpaired) electrons. The Kier molecular flexibility index (Phi) is 7.56. The van der Waals surface area contributed by atoms with E-state index in [1.807, 2.05) is 11.0 Å². The third-order valence-electron chi connectivity index (χ3n) is 7.95. The minimum atomic E-state index is -5.16. The number of morpholine rings is 1. The highest BCUT2D eigenvalue weighted by molar-refractivity contribution is 5.94. The summed E-state index contributed by atoms with van der Waals surface area (Å²) in [6.45, 7) is 5.78. The Morgan fingerprint density at radius 2 is 1.95 bits per heavy atom. The molecule has 0 spiro atoms. The fourth-order valence-electron chi connectivity index (χ4n) is 5.73. The number of carbonyl (C=O) groups excluding carboxylic acids is 2. The number of benzene rings is 2. The van der Waals surface area contributed by atoms with Crippen LogP contribution in [0.25, 0.3) is 0 Å². The number of nitrogens with zero attached hydrogens (tertiary/aromatic N) is 3. The number of rotatable bonds is 5. The molecule has 3 heterocycles. The first-order valence-corrected chi connectivity index (χ1v) is 12.8. The van der Waals surface area contributed by atoms with Crippen molar-refractivity contribution in [1.29, 1.82) is 5.26 Å². The fourth-order valence-corrected chi connectivity index (χ4v) is 5.73. The fraction of sp³-hybridized carbons (Fsp3) is 0.464.